The Hall–Kier alpha value is -1.43. The summed E-state index contributed by atoms with van der Waals surface area (Å²) >= 11 is 0. The normalized spacial score (nSPS) is 16.3. The molecule has 0 bridgehead atoms. The van der Waals surface area contributed by atoms with E-state index in [2.05, 4.69) is 10.2 Å². The molecule has 0 radical (unpaired) electrons. The van der Waals surface area contributed by atoms with Crippen molar-refractivity contribution in [3.63, 3.8) is 0 Å². The molecular weight excluding hydrogens is 242 g/mol. The van der Waals surface area contributed by atoms with Crippen molar-refractivity contribution in [2.45, 2.75) is 6.54 Å². The lowest BCUT2D eigenvalue weighted by Gasteiger charge is -2.26. The monoisotopic (exact) mass is 263 g/mol. The Labute approximate surface area is 113 Å². The van der Waals surface area contributed by atoms with E-state index in [4.69, 9.17) is 10.5 Å². The van der Waals surface area contributed by atoms with Gasteiger partial charge in [-0.05, 0) is 17.7 Å². The summed E-state index contributed by atoms with van der Waals surface area (Å²) in [6.07, 6.45) is 0. The minimum Gasteiger partial charge on any atom is -0.379 e. The van der Waals surface area contributed by atoms with E-state index < -0.39 is 0 Å². The molecule has 1 aliphatic heterocycles. The van der Waals surface area contributed by atoms with Gasteiger partial charge >= 0.3 is 0 Å². The molecule has 104 valence electrons. The molecule has 1 aliphatic rings. The van der Waals surface area contributed by atoms with Crippen molar-refractivity contribution in [1.29, 1.82) is 0 Å². The molecule has 1 heterocycles. The van der Waals surface area contributed by atoms with Gasteiger partial charge in [-0.2, -0.15) is 0 Å². The second-order valence-electron chi connectivity index (χ2n) is 4.63. The SMILES string of the molecule is NCCNC(=O)c1ccc(CN2CCOCC2)cc1. The molecule has 0 aliphatic carbocycles. The highest BCUT2D eigenvalue weighted by Crippen LogP contribution is 2.09. The van der Waals surface area contributed by atoms with Gasteiger partial charge in [-0.1, -0.05) is 12.1 Å². The van der Waals surface area contributed by atoms with Crippen molar-refractivity contribution in [1.82, 2.24) is 10.2 Å². The molecule has 1 fully saturated rings. The Morgan fingerprint density at radius 2 is 1.95 bits per heavy atom. The Kier molecular flexibility index (Phi) is 5.32. The van der Waals surface area contributed by atoms with Crippen LogP contribution in [0, 0.1) is 0 Å². The fourth-order valence-corrected chi connectivity index (χ4v) is 2.07. The zero-order chi connectivity index (χ0) is 13.5. The third kappa shape index (κ3) is 4.31. The molecule has 0 saturated carbocycles. The van der Waals surface area contributed by atoms with Crippen LogP contribution in [0.1, 0.15) is 15.9 Å². The van der Waals surface area contributed by atoms with Gasteiger partial charge in [0.05, 0.1) is 13.2 Å². The van der Waals surface area contributed by atoms with Gasteiger partial charge in [0.2, 0.25) is 0 Å². The number of rotatable bonds is 5. The van der Waals surface area contributed by atoms with Crippen molar-refractivity contribution in [3.8, 4) is 0 Å². The van der Waals surface area contributed by atoms with Gasteiger partial charge in [0, 0.05) is 38.3 Å². The minimum atomic E-state index is -0.0663. The predicted molar refractivity (Wildman–Crippen MR) is 73.9 cm³/mol. The minimum absolute atomic E-state index is 0.0663. The highest BCUT2D eigenvalue weighted by atomic mass is 16.5. The van der Waals surface area contributed by atoms with E-state index in [-0.39, 0.29) is 5.91 Å². The molecule has 5 heteroatoms. The van der Waals surface area contributed by atoms with E-state index in [9.17, 15) is 4.79 Å². The Morgan fingerprint density at radius 1 is 1.26 bits per heavy atom. The topological polar surface area (TPSA) is 67.6 Å². The third-order valence-electron chi connectivity index (χ3n) is 3.16. The first-order valence-electron chi connectivity index (χ1n) is 6.67. The molecule has 0 spiro atoms. The number of amides is 1. The first-order valence-corrected chi connectivity index (χ1v) is 6.67. The van der Waals surface area contributed by atoms with Crippen LogP contribution in [0.5, 0.6) is 0 Å². The summed E-state index contributed by atoms with van der Waals surface area (Å²) in [6, 6.07) is 7.74. The molecule has 1 saturated heterocycles. The van der Waals surface area contributed by atoms with Crippen molar-refractivity contribution in [2.24, 2.45) is 5.73 Å². The zero-order valence-electron chi connectivity index (χ0n) is 11.1. The van der Waals surface area contributed by atoms with Gasteiger partial charge in [0.15, 0.2) is 0 Å². The van der Waals surface area contributed by atoms with Gasteiger partial charge in [0.25, 0.3) is 5.91 Å². The summed E-state index contributed by atoms with van der Waals surface area (Å²) in [4.78, 5) is 14.1. The average molecular weight is 263 g/mol. The van der Waals surface area contributed by atoms with Gasteiger partial charge in [0.1, 0.15) is 0 Å². The number of hydrogen-bond acceptors (Lipinski definition) is 4. The van der Waals surface area contributed by atoms with Crippen LogP contribution in [0.15, 0.2) is 24.3 Å². The summed E-state index contributed by atoms with van der Waals surface area (Å²) in [5.41, 5.74) is 7.25. The second kappa shape index (κ2) is 7.23. The largest absolute Gasteiger partial charge is 0.379 e. The number of morpholine rings is 1. The fourth-order valence-electron chi connectivity index (χ4n) is 2.07. The van der Waals surface area contributed by atoms with Crippen LogP contribution in [0.3, 0.4) is 0 Å². The summed E-state index contributed by atoms with van der Waals surface area (Å²) in [5, 5.41) is 2.76. The summed E-state index contributed by atoms with van der Waals surface area (Å²) in [5.74, 6) is -0.0663. The van der Waals surface area contributed by atoms with E-state index in [1.807, 2.05) is 24.3 Å². The molecule has 1 aromatic rings. The van der Waals surface area contributed by atoms with Crippen LogP contribution < -0.4 is 11.1 Å². The Bertz CT molecular complexity index is 400. The number of hydrogen-bond donors (Lipinski definition) is 2. The van der Waals surface area contributed by atoms with Gasteiger partial charge in [-0.15, -0.1) is 0 Å². The van der Waals surface area contributed by atoms with Crippen LogP contribution in [0.4, 0.5) is 0 Å². The lowest BCUT2D eigenvalue weighted by atomic mass is 10.1. The molecular formula is C14H21N3O2. The predicted octanol–water partition coefficient (Wildman–Crippen LogP) is 0.207. The van der Waals surface area contributed by atoms with Crippen LogP contribution in [-0.4, -0.2) is 50.2 Å². The molecule has 2 rings (SSSR count). The Balaban J connectivity index is 1.88. The molecule has 3 N–H and O–H groups in total. The highest BCUT2D eigenvalue weighted by Gasteiger charge is 2.11. The molecule has 0 atom stereocenters. The van der Waals surface area contributed by atoms with E-state index in [1.54, 1.807) is 0 Å². The quantitative estimate of drug-likeness (QED) is 0.797. The number of carbonyl (C=O) groups excluding carboxylic acids is 1. The lowest BCUT2D eigenvalue weighted by Crippen LogP contribution is -2.35. The van der Waals surface area contributed by atoms with Crippen molar-refractivity contribution >= 4 is 5.91 Å². The van der Waals surface area contributed by atoms with E-state index >= 15 is 0 Å². The highest BCUT2D eigenvalue weighted by molar-refractivity contribution is 5.94. The van der Waals surface area contributed by atoms with Crippen LogP contribution in [0.2, 0.25) is 0 Å². The Morgan fingerprint density at radius 3 is 2.58 bits per heavy atom. The number of carbonyl (C=O) groups is 1. The molecule has 1 amide bonds. The summed E-state index contributed by atoms with van der Waals surface area (Å²) in [6.45, 7) is 5.43. The zero-order valence-corrected chi connectivity index (χ0v) is 11.1. The van der Waals surface area contributed by atoms with E-state index in [0.717, 1.165) is 32.8 Å². The third-order valence-corrected chi connectivity index (χ3v) is 3.16. The number of ether oxygens (including phenoxy) is 1. The molecule has 19 heavy (non-hydrogen) atoms. The van der Waals surface area contributed by atoms with Crippen LogP contribution in [-0.2, 0) is 11.3 Å². The summed E-state index contributed by atoms with van der Waals surface area (Å²) in [7, 11) is 0. The molecule has 0 aromatic heterocycles. The van der Waals surface area contributed by atoms with Crippen molar-refractivity contribution in [3.05, 3.63) is 35.4 Å². The standard InChI is InChI=1S/C14H21N3O2/c15-5-6-16-14(18)13-3-1-12(2-4-13)11-17-7-9-19-10-8-17/h1-4H,5-11,15H2,(H,16,18). The van der Waals surface area contributed by atoms with Gasteiger partial charge in [-0.25, -0.2) is 0 Å². The maximum absolute atomic E-state index is 11.7. The van der Waals surface area contributed by atoms with Crippen molar-refractivity contribution in [2.75, 3.05) is 39.4 Å². The number of nitrogens with zero attached hydrogens (tertiary/aromatic N) is 1. The smallest absolute Gasteiger partial charge is 0.251 e. The van der Waals surface area contributed by atoms with Gasteiger partial charge < -0.3 is 15.8 Å². The number of benzene rings is 1. The second-order valence-corrected chi connectivity index (χ2v) is 4.63. The maximum atomic E-state index is 11.7. The summed E-state index contributed by atoms with van der Waals surface area (Å²) < 4.78 is 5.32. The maximum Gasteiger partial charge on any atom is 0.251 e. The van der Waals surface area contributed by atoms with Crippen molar-refractivity contribution < 1.29 is 9.53 Å². The first kappa shape index (κ1) is 14.0. The molecule has 5 nitrogen and oxygen atoms in total. The van der Waals surface area contributed by atoms with Crippen LogP contribution >= 0.6 is 0 Å². The first-order chi connectivity index (χ1) is 9.29. The fraction of sp³-hybridized carbons (Fsp3) is 0.500. The average Bonchev–Trinajstić information content (AvgIpc) is 2.46. The van der Waals surface area contributed by atoms with Gasteiger partial charge in [-0.3, -0.25) is 9.69 Å². The lowest BCUT2D eigenvalue weighted by molar-refractivity contribution is 0.0342. The van der Waals surface area contributed by atoms with E-state index in [0.29, 0.717) is 18.7 Å². The van der Waals surface area contributed by atoms with E-state index in [1.165, 1.54) is 5.56 Å². The number of nitrogens with one attached hydrogen (secondary N) is 1. The molecule has 1 aromatic carbocycles. The van der Waals surface area contributed by atoms with Crippen LogP contribution in [0.25, 0.3) is 0 Å². The molecule has 0 unspecified atom stereocenters. The number of nitrogens with two attached hydrogens (primary N) is 1.